The molecule has 0 radical (unpaired) electrons. The smallest absolute Gasteiger partial charge is 0.00104 e. The molecule has 1 aliphatic rings. The minimum absolute atomic E-state index is 0.537. The SMILES string of the molecule is CC(C)CNCC(C)(C(C)C)C1CC1. The molecule has 0 heterocycles. The van der Waals surface area contributed by atoms with Crippen LogP contribution < -0.4 is 5.32 Å². The van der Waals surface area contributed by atoms with Crippen LogP contribution in [0, 0.1) is 23.2 Å². The Kier molecular flexibility index (Phi) is 4.00. The van der Waals surface area contributed by atoms with E-state index in [4.69, 9.17) is 0 Å². The molecule has 0 aliphatic heterocycles. The summed E-state index contributed by atoms with van der Waals surface area (Å²) in [6.07, 6.45) is 2.91. The molecule has 0 aromatic heterocycles. The average Bonchev–Trinajstić information content (AvgIpc) is 2.84. The third-order valence-corrected chi connectivity index (χ3v) is 3.89. The van der Waals surface area contributed by atoms with E-state index in [2.05, 4.69) is 39.9 Å². The second-order valence-electron chi connectivity index (χ2n) is 5.96. The first-order valence-corrected chi connectivity index (χ1v) is 6.17. The van der Waals surface area contributed by atoms with Gasteiger partial charge in [-0.3, -0.25) is 0 Å². The van der Waals surface area contributed by atoms with Gasteiger partial charge in [0, 0.05) is 6.54 Å². The van der Waals surface area contributed by atoms with Gasteiger partial charge in [0.05, 0.1) is 0 Å². The Balaban J connectivity index is 2.36. The molecule has 14 heavy (non-hydrogen) atoms. The van der Waals surface area contributed by atoms with Gasteiger partial charge < -0.3 is 5.32 Å². The predicted molar refractivity (Wildman–Crippen MR) is 63.4 cm³/mol. The average molecular weight is 197 g/mol. The molecule has 0 aromatic rings. The van der Waals surface area contributed by atoms with Crippen LogP contribution in [0.25, 0.3) is 0 Å². The highest BCUT2D eigenvalue weighted by atomic mass is 14.9. The third kappa shape index (κ3) is 2.98. The first-order valence-electron chi connectivity index (χ1n) is 6.17. The summed E-state index contributed by atoms with van der Waals surface area (Å²) < 4.78 is 0. The van der Waals surface area contributed by atoms with Crippen LogP contribution in [0.4, 0.5) is 0 Å². The molecule has 1 heteroatoms. The number of nitrogens with one attached hydrogen (secondary N) is 1. The maximum Gasteiger partial charge on any atom is 0.00104 e. The summed E-state index contributed by atoms with van der Waals surface area (Å²) in [5.74, 6) is 2.56. The zero-order valence-electron chi connectivity index (χ0n) is 10.6. The van der Waals surface area contributed by atoms with Gasteiger partial charge in [-0.1, -0.05) is 34.6 Å². The highest BCUT2D eigenvalue weighted by Crippen LogP contribution is 2.49. The largest absolute Gasteiger partial charge is 0.316 e. The van der Waals surface area contributed by atoms with Gasteiger partial charge in [0.25, 0.3) is 0 Å². The molecular formula is C13H27N. The van der Waals surface area contributed by atoms with E-state index in [0.717, 1.165) is 24.3 Å². The van der Waals surface area contributed by atoms with E-state index in [1.54, 1.807) is 0 Å². The molecule has 0 saturated heterocycles. The van der Waals surface area contributed by atoms with Gasteiger partial charge >= 0.3 is 0 Å². The Morgan fingerprint density at radius 2 is 1.79 bits per heavy atom. The Morgan fingerprint density at radius 1 is 1.21 bits per heavy atom. The second kappa shape index (κ2) is 4.65. The summed E-state index contributed by atoms with van der Waals surface area (Å²) in [5.41, 5.74) is 0.537. The van der Waals surface area contributed by atoms with E-state index < -0.39 is 0 Å². The van der Waals surface area contributed by atoms with Crippen LogP contribution in [0.15, 0.2) is 0 Å². The van der Waals surface area contributed by atoms with Crippen LogP contribution in [-0.4, -0.2) is 13.1 Å². The van der Waals surface area contributed by atoms with Crippen molar-refractivity contribution in [3.63, 3.8) is 0 Å². The van der Waals surface area contributed by atoms with E-state index in [1.165, 1.54) is 19.4 Å². The zero-order chi connectivity index (χ0) is 10.8. The van der Waals surface area contributed by atoms with Crippen molar-refractivity contribution >= 4 is 0 Å². The molecule has 1 fully saturated rings. The number of hydrogen-bond acceptors (Lipinski definition) is 1. The maximum atomic E-state index is 3.63. The molecule has 1 N–H and O–H groups in total. The van der Waals surface area contributed by atoms with Crippen molar-refractivity contribution < 1.29 is 0 Å². The predicted octanol–water partition coefficient (Wildman–Crippen LogP) is 3.30. The van der Waals surface area contributed by atoms with E-state index in [0.29, 0.717) is 5.41 Å². The van der Waals surface area contributed by atoms with E-state index >= 15 is 0 Å². The van der Waals surface area contributed by atoms with Crippen LogP contribution >= 0.6 is 0 Å². The zero-order valence-corrected chi connectivity index (χ0v) is 10.6. The molecule has 1 nitrogen and oxygen atoms in total. The molecule has 1 aliphatic carbocycles. The Morgan fingerprint density at radius 3 is 2.14 bits per heavy atom. The molecule has 0 amide bonds. The highest BCUT2D eigenvalue weighted by Gasteiger charge is 2.42. The molecule has 1 unspecified atom stereocenters. The Bertz CT molecular complexity index is 166. The molecule has 1 rings (SSSR count). The molecule has 84 valence electrons. The van der Waals surface area contributed by atoms with Gasteiger partial charge in [-0.05, 0) is 42.6 Å². The summed E-state index contributed by atoms with van der Waals surface area (Å²) >= 11 is 0. The fraction of sp³-hybridized carbons (Fsp3) is 1.00. The molecule has 0 bridgehead atoms. The first kappa shape index (κ1) is 12.0. The standard InChI is InChI=1S/C13H27N/c1-10(2)8-14-9-13(5,11(3)4)12-6-7-12/h10-12,14H,6-9H2,1-5H3. The molecular weight excluding hydrogens is 170 g/mol. The first-order chi connectivity index (χ1) is 6.47. The van der Waals surface area contributed by atoms with Crippen LogP contribution in [0.3, 0.4) is 0 Å². The quantitative estimate of drug-likeness (QED) is 0.689. The summed E-state index contributed by atoms with van der Waals surface area (Å²) in [6.45, 7) is 14.1. The van der Waals surface area contributed by atoms with Crippen molar-refractivity contribution in [2.45, 2.75) is 47.5 Å². The summed E-state index contributed by atoms with van der Waals surface area (Å²) in [7, 11) is 0. The van der Waals surface area contributed by atoms with Crippen molar-refractivity contribution in [1.29, 1.82) is 0 Å². The number of hydrogen-bond donors (Lipinski definition) is 1. The van der Waals surface area contributed by atoms with Crippen molar-refractivity contribution in [3.8, 4) is 0 Å². The maximum absolute atomic E-state index is 3.63. The lowest BCUT2D eigenvalue weighted by atomic mass is 9.74. The van der Waals surface area contributed by atoms with Gasteiger partial charge in [0.2, 0.25) is 0 Å². The molecule has 1 atom stereocenters. The summed E-state index contributed by atoms with van der Waals surface area (Å²) in [4.78, 5) is 0. The van der Waals surface area contributed by atoms with Crippen LogP contribution in [-0.2, 0) is 0 Å². The van der Waals surface area contributed by atoms with Crippen molar-refractivity contribution in [1.82, 2.24) is 5.32 Å². The normalized spacial score (nSPS) is 21.6. The summed E-state index contributed by atoms with van der Waals surface area (Å²) in [6, 6.07) is 0. The molecule has 0 spiro atoms. The van der Waals surface area contributed by atoms with Gasteiger partial charge in [-0.2, -0.15) is 0 Å². The number of rotatable bonds is 6. The van der Waals surface area contributed by atoms with Crippen molar-refractivity contribution in [2.75, 3.05) is 13.1 Å². The van der Waals surface area contributed by atoms with Gasteiger partial charge in [-0.25, -0.2) is 0 Å². The molecule has 1 saturated carbocycles. The lowest BCUT2D eigenvalue weighted by Crippen LogP contribution is -2.39. The van der Waals surface area contributed by atoms with Crippen molar-refractivity contribution in [2.24, 2.45) is 23.2 Å². The molecule has 0 aromatic carbocycles. The Labute approximate surface area is 89.7 Å². The van der Waals surface area contributed by atoms with Crippen molar-refractivity contribution in [3.05, 3.63) is 0 Å². The lowest BCUT2D eigenvalue weighted by Gasteiger charge is -2.34. The monoisotopic (exact) mass is 197 g/mol. The fourth-order valence-electron chi connectivity index (χ4n) is 2.19. The topological polar surface area (TPSA) is 12.0 Å². The summed E-state index contributed by atoms with van der Waals surface area (Å²) in [5, 5.41) is 3.63. The third-order valence-electron chi connectivity index (χ3n) is 3.89. The van der Waals surface area contributed by atoms with Gasteiger partial charge in [-0.15, -0.1) is 0 Å². The Hall–Kier alpha value is -0.0400. The minimum atomic E-state index is 0.537. The lowest BCUT2D eigenvalue weighted by molar-refractivity contribution is 0.170. The fourth-order valence-corrected chi connectivity index (χ4v) is 2.19. The van der Waals surface area contributed by atoms with Gasteiger partial charge in [0.1, 0.15) is 0 Å². The van der Waals surface area contributed by atoms with E-state index in [-0.39, 0.29) is 0 Å². The van der Waals surface area contributed by atoms with Crippen LogP contribution in [0.5, 0.6) is 0 Å². The minimum Gasteiger partial charge on any atom is -0.316 e. The van der Waals surface area contributed by atoms with E-state index in [1.807, 2.05) is 0 Å². The van der Waals surface area contributed by atoms with Crippen LogP contribution in [0.2, 0.25) is 0 Å². The van der Waals surface area contributed by atoms with E-state index in [9.17, 15) is 0 Å². The van der Waals surface area contributed by atoms with Crippen LogP contribution in [0.1, 0.15) is 47.5 Å². The second-order valence-corrected chi connectivity index (χ2v) is 5.96. The van der Waals surface area contributed by atoms with Gasteiger partial charge in [0.15, 0.2) is 0 Å². The highest BCUT2D eigenvalue weighted by molar-refractivity contribution is 4.94.